The van der Waals surface area contributed by atoms with Gasteiger partial charge in [-0.05, 0) is 42.8 Å². The fraction of sp³-hybridized carbons (Fsp3) is 0.312. The molecule has 0 heterocycles. The molecule has 1 radical (unpaired) electrons. The Morgan fingerprint density at radius 3 is 2.11 bits per heavy atom. The summed E-state index contributed by atoms with van der Waals surface area (Å²) in [5.41, 5.74) is 5.95. The molecule has 1 aliphatic carbocycles. The van der Waals surface area contributed by atoms with Crippen molar-refractivity contribution in [2.24, 2.45) is 0 Å². The smallest absolute Gasteiger partial charge is 0.183 e. The van der Waals surface area contributed by atoms with Gasteiger partial charge in [-0.3, -0.25) is 0 Å². The molecular formula is C32H38Cl2OSi2Zr-. The molecule has 199 valence electrons. The van der Waals surface area contributed by atoms with Crippen LogP contribution >= 0.6 is 0 Å². The van der Waals surface area contributed by atoms with Crippen LogP contribution in [0.2, 0.25) is 32.7 Å². The van der Waals surface area contributed by atoms with Crippen molar-refractivity contribution in [3.8, 4) is 0 Å². The second-order valence-electron chi connectivity index (χ2n) is 11.2. The van der Waals surface area contributed by atoms with Gasteiger partial charge in [0.15, 0.2) is 8.32 Å². The van der Waals surface area contributed by atoms with Gasteiger partial charge in [-0.1, -0.05) is 84.5 Å². The molecule has 0 saturated heterocycles. The first-order valence-corrected chi connectivity index (χ1v) is 20.1. The number of benzene rings is 3. The molecule has 0 aromatic heterocycles. The van der Waals surface area contributed by atoms with Crippen LogP contribution in [-0.2, 0) is 28.7 Å². The van der Waals surface area contributed by atoms with Crippen molar-refractivity contribution in [3.63, 3.8) is 0 Å². The maximum atomic E-state index is 6.30. The van der Waals surface area contributed by atoms with Crippen molar-refractivity contribution in [1.29, 1.82) is 0 Å². The number of hydrogen-bond donors (Lipinski definition) is 0. The Morgan fingerprint density at radius 2 is 1.45 bits per heavy atom. The van der Waals surface area contributed by atoms with Gasteiger partial charge in [-0.15, -0.1) is 33.7 Å². The van der Waals surface area contributed by atoms with Crippen molar-refractivity contribution >= 4 is 47.4 Å². The summed E-state index contributed by atoms with van der Waals surface area (Å²) in [6.45, 7) is 16.8. The van der Waals surface area contributed by atoms with Gasteiger partial charge in [-0.2, -0.15) is 0 Å². The van der Waals surface area contributed by atoms with Crippen LogP contribution in [0.5, 0.6) is 0 Å². The van der Waals surface area contributed by atoms with Crippen LogP contribution in [-0.4, -0.2) is 26.9 Å². The van der Waals surface area contributed by atoms with E-state index in [9.17, 15) is 0 Å². The zero-order chi connectivity index (χ0) is 26.0. The van der Waals surface area contributed by atoms with E-state index >= 15 is 0 Å². The summed E-state index contributed by atoms with van der Waals surface area (Å²) in [4.78, 5) is 0. The van der Waals surface area contributed by atoms with Gasteiger partial charge < -0.3 is 29.2 Å². The molecule has 38 heavy (non-hydrogen) atoms. The molecule has 1 unspecified atom stereocenters. The van der Waals surface area contributed by atoms with E-state index in [0.29, 0.717) is 5.92 Å². The molecule has 0 bridgehead atoms. The topological polar surface area (TPSA) is 9.23 Å². The minimum atomic E-state index is -1.52. The molecule has 5 rings (SSSR count). The molecule has 0 fully saturated rings. The van der Waals surface area contributed by atoms with Gasteiger partial charge in [0.05, 0.1) is 8.80 Å². The number of halogens is 2. The van der Waals surface area contributed by atoms with Gasteiger partial charge in [-0.25, -0.2) is 0 Å². The second kappa shape index (κ2) is 14.1. The molecule has 0 saturated carbocycles. The maximum absolute atomic E-state index is 6.30. The molecule has 1 nitrogen and oxygen atoms in total. The Morgan fingerprint density at radius 1 is 0.868 bits per heavy atom. The van der Waals surface area contributed by atoms with Crippen LogP contribution in [0.25, 0.3) is 27.1 Å². The molecule has 0 spiro atoms. The number of hydrogen-bond acceptors (Lipinski definition) is 1. The molecular weight excluding hydrogens is 619 g/mol. The average molecular weight is 657 g/mol. The van der Waals surface area contributed by atoms with E-state index in [0.717, 1.165) is 13.0 Å². The van der Waals surface area contributed by atoms with Gasteiger partial charge in [0, 0.05) is 12.5 Å². The van der Waals surface area contributed by atoms with E-state index in [1.54, 1.807) is 35.0 Å². The molecule has 4 aromatic carbocycles. The maximum Gasteiger partial charge on any atom is 0.183 e. The van der Waals surface area contributed by atoms with E-state index in [4.69, 9.17) is 4.43 Å². The Kier molecular flexibility index (Phi) is 12.3. The fourth-order valence-electron chi connectivity index (χ4n) is 5.39. The van der Waals surface area contributed by atoms with Crippen molar-refractivity contribution in [2.75, 3.05) is 6.61 Å². The summed E-state index contributed by atoms with van der Waals surface area (Å²) < 4.78 is 7.81. The molecule has 0 amide bonds. The predicted molar refractivity (Wildman–Crippen MR) is 160 cm³/mol. The fourth-order valence-corrected chi connectivity index (χ4v) is 7.86. The van der Waals surface area contributed by atoms with Crippen molar-refractivity contribution in [1.82, 2.24) is 0 Å². The normalized spacial score (nSPS) is 14.6. The third-order valence-corrected chi connectivity index (χ3v) is 9.38. The van der Waals surface area contributed by atoms with Crippen LogP contribution in [0.4, 0.5) is 0 Å². The Hall–Kier alpha value is -1.00. The van der Waals surface area contributed by atoms with E-state index in [1.807, 2.05) is 0 Å². The van der Waals surface area contributed by atoms with E-state index < -0.39 is 17.1 Å². The molecule has 1 atom stereocenters. The van der Waals surface area contributed by atoms with Crippen LogP contribution in [0, 0.1) is 0 Å². The van der Waals surface area contributed by atoms with Crippen molar-refractivity contribution < 1.29 is 53.5 Å². The van der Waals surface area contributed by atoms with Crippen LogP contribution in [0.1, 0.15) is 42.9 Å². The van der Waals surface area contributed by atoms with Gasteiger partial charge in [0.1, 0.15) is 0 Å². The van der Waals surface area contributed by atoms with Crippen molar-refractivity contribution in [2.45, 2.75) is 58.9 Å². The summed E-state index contributed by atoms with van der Waals surface area (Å²) in [6.07, 6.45) is 1.02. The van der Waals surface area contributed by atoms with Crippen LogP contribution < -0.4 is 24.8 Å². The minimum absolute atomic E-state index is 0. The standard InChI is InChI=1S/C29H32OSi2.C3H6.2ClH.Zr/c1-31(2)29-26(17-18-30-32(3,4)5)23-13-8-9-14-24(23)28(29)25-16-10-15-22-21-12-7-6-11-20(21)19-27(22)25;1-3-2;;;/h6-16,19,28H,17-18H2,1-5H3;1-2H3;2*1H;/q-1;;;;+2/p-2. The van der Waals surface area contributed by atoms with Gasteiger partial charge in [0.2, 0.25) is 0 Å². The first kappa shape index (κ1) is 33.2. The number of rotatable bonds is 6. The van der Waals surface area contributed by atoms with Crippen LogP contribution in [0.15, 0.2) is 78.0 Å². The van der Waals surface area contributed by atoms with E-state index in [-0.39, 0.29) is 24.8 Å². The Labute approximate surface area is 259 Å². The molecule has 6 heteroatoms. The third kappa shape index (κ3) is 7.39. The molecule has 0 aliphatic heterocycles. The summed E-state index contributed by atoms with van der Waals surface area (Å²) >= 11 is 1.55. The summed E-state index contributed by atoms with van der Waals surface area (Å²) in [5.74, 6) is 0.359. The third-order valence-electron chi connectivity index (χ3n) is 6.64. The molecule has 0 N–H and O–H groups in total. The largest absolute Gasteiger partial charge is 1.00 e. The zero-order valence-corrected chi connectivity index (χ0v) is 29.6. The summed E-state index contributed by atoms with van der Waals surface area (Å²) in [7, 11) is -2.17. The van der Waals surface area contributed by atoms with Gasteiger partial charge in [0.25, 0.3) is 0 Å². The predicted octanol–water partition coefficient (Wildman–Crippen LogP) is 2.90. The number of fused-ring (bicyclic) bond motifs is 4. The average Bonchev–Trinajstić information content (AvgIpc) is 3.34. The summed E-state index contributed by atoms with van der Waals surface area (Å²) in [5, 5.41) is 7.17. The first-order valence-electron chi connectivity index (χ1n) is 12.9. The monoisotopic (exact) mass is 654 g/mol. The second-order valence-corrected chi connectivity index (χ2v) is 20.7. The van der Waals surface area contributed by atoms with Gasteiger partial charge >= 0.3 is 41.3 Å². The summed E-state index contributed by atoms with van der Waals surface area (Å²) in [6, 6.07) is 27.2. The van der Waals surface area contributed by atoms with E-state index in [2.05, 4.69) is 119 Å². The Balaban J connectivity index is 0.000000791. The molecule has 1 aliphatic rings. The SMILES string of the molecule is C[C](C)=[Zr+2].C[Si](C)C1=C(CCO[Si](C)(C)C)c2ccccc2C1c1cccc2c1[cH-]c1ccccc12.[Cl-].[Cl-]. The quantitative estimate of drug-likeness (QED) is 0.229. The Bertz CT molecular complexity index is 1430. The minimum Gasteiger partial charge on any atom is -1.00 e. The number of allylic oxidation sites excluding steroid dienone is 1. The van der Waals surface area contributed by atoms with Crippen molar-refractivity contribution in [3.05, 3.63) is 94.7 Å². The van der Waals surface area contributed by atoms with Crippen LogP contribution in [0.3, 0.4) is 0 Å². The van der Waals surface area contributed by atoms with E-state index in [1.165, 1.54) is 41.4 Å². The molecule has 4 aromatic rings. The zero-order valence-electron chi connectivity index (χ0n) is 23.6. The first-order chi connectivity index (χ1) is 17.1.